The zero-order chi connectivity index (χ0) is 22.8. The zero-order valence-corrected chi connectivity index (χ0v) is 19.0. The van der Waals surface area contributed by atoms with E-state index in [4.69, 9.17) is 0 Å². The number of hydrogen-bond donors (Lipinski definition) is 1. The minimum Gasteiger partial charge on any atom is -0.341 e. The Morgan fingerprint density at radius 3 is 2.52 bits per heavy atom. The van der Waals surface area contributed by atoms with Crippen LogP contribution in [-0.2, 0) is 0 Å². The normalized spacial score (nSPS) is 14.4. The quantitative estimate of drug-likeness (QED) is 0.478. The Hall–Kier alpha value is -3.80. The third kappa shape index (κ3) is 4.42. The Morgan fingerprint density at radius 2 is 1.79 bits per heavy atom. The number of aryl methyl sites for hydroxylation is 2. The van der Waals surface area contributed by atoms with Crippen LogP contribution in [0.2, 0.25) is 0 Å². The van der Waals surface area contributed by atoms with E-state index >= 15 is 0 Å². The second-order valence-electron chi connectivity index (χ2n) is 8.67. The number of hydrogen-bond acceptors (Lipinski definition) is 4. The van der Waals surface area contributed by atoms with Gasteiger partial charge in [-0.15, -0.1) is 0 Å². The Labute approximate surface area is 193 Å². The third-order valence-corrected chi connectivity index (χ3v) is 6.50. The first-order chi connectivity index (χ1) is 16.1. The van der Waals surface area contributed by atoms with Gasteiger partial charge < -0.3 is 9.88 Å². The fourth-order valence-corrected chi connectivity index (χ4v) is 4.45. The molecule has 1 fully saturated rings. The molecule has 5 rings (SSSR count). The number of H-pyrrole nitrogens is 1. The Kier molecular flexibility index (Phi) is 5.73. The van der Waals surface area contributed by atoms with Crippen molar-refractivity contribution in [2.45, 2.75) is 32.6 Å². The van der Waals surface area contributed by atoms with Crippen molar-refractivity contribution in [1.29, 1.82) is 0 Å². The molecular weight excluding hydrogens is 410 g/mol. The number of carbonyl (C=O) groups is 1. The maximum atomic E-state index is 13.2. The fraction of sp³-hybridized carbons (Fsp3) is 0.259. The molecule has 1 amide bonds. The highest BCUT2D eigenvalue weighted by Gasteiger charge is 2.25. The van der Waals surface area contributed by atoms with E-state index in [1.807, 2.05) is 43.0 Å². The number of aromatic amines is 1. The lowest BCUT2D eigenvalue weighted by Gasteiger charge is -2.32. The van der Waals surface area contributed by atoms with Crippen LogP contribution in [0.1, 0.15) is 46.1 Å². The molecule has 1 aromatic carbocycles. The maximum absolute atomic E-state index is 13.2. The van der Waals surface area contributed by atoms with Crippen molar-refractivity contribution in [3.63, 3.8) is 0 Å². The van der Waals surface area contributed by atoms with E-state index in [1.165, 1.54) is 5.56 Å². The van der Waals surface area contributed by atoms with Gasteiger partial charge in [0.25, 0.3) is 5.91 Å². The molecule has 1 N–H and O–H groups in total. The van der Waals surface area contributed by atoms with Crippen LogP contribution in [0.4, 0.5) is 0 Å². The summed E-state index contributed by atoms with van der Waals surface area (Å²) in [5, 5.41) is 0. The van der Waals surface area contributed by atoms with Gasteiger partial charge in [0.15, 0.2) is 5.82 Å². The number of rotatable bonds is 4. The summed E-state index contributed by atoms with van der Waals surface area (Å²) in [7, 11) is 0. The largest absolute Gasteiger partial charge is 0.341 e. The van der Waals surface area contributed by atoms with Crippen LogP contribution in [0.5, 0.6) is 0 Å². The Morgan fingerprint density at radius 1 is 1.00 bits per heavy atom. The number of aromatic nitrogens is 4. The highest BCUT2D eigenvalue weighted by molar-refractivity contribution is 5.95. The van der Waals surface area contributed by atoms with Crippen LogP contribution in [0.3, 0.4) is 0 Å². The number of nitrogens with one attached hydrogen (secondary N) is 1. The molecule has 4 heterocycles. The molecule has 0 bridgehead atoms. The predicted octanol–water partition coefficient (Wildman–Crippen LogP) is 5.17. The summed E-state index contributed by atoms with van der Waals surface area (Å²) in [5.41, 5.74) is 6.59. The van der Waals surface area contributed by atoms with Crippen LogP contribution in [0, 0.1) is 13.8 Å². The van der Waals surface area contributed by atoms with Gasteiger partial charge in [-0.1, -0.05) is 30.3 Å². The van der Waals surface area contributed by atoms with Gasteiger partial charge in [0.2, 0.25) is 0 Å². The monoisotopic (exact) mass is 437 g/mol. The first kappa shape index (κ1) is 21.1. The number of likely N-dealkylation sites (tertiary alicyclic amines) is 1. The second-order valence-corrected chi connectivity index (χ2v) is 8.67. The lowest BCUT2D eigenvalue weighted by atomic mass is 9.89. The number of benzene rings is 1. The lowest BCUT2D eigenvalue weighted by molar-refractivity contribution is 0.0712. The molecule has 3 aromatic heterocycles. The van der Waals surface area contributed by atoms with Gasteiger partial charge in [-0.05, 0) is 61.9 Å². The smallest absolute Gasteiger partial charge is 0.255 e. The number of carbonyl (C=O) groups excluding carboxylic acids is 1. The SMILES string of the molecule is Cc1nc(-c2cc(-c3cncc(C(=O)N4CCC(c5ccccc5)CC4)c3)ccn2)[nH]c1C. The second kappa shape index (κ2) is 8.98. The van der Waals surface area contributed by atoms with Crippen molar-refractivity contribution in [3.05, 3.63) is 89.6 Å². The van der Waals surface area contributed by atoms with Crippen molar-refractivity contribution in [1.82, 2.24) is 24.8 Å². The van der Waals surface area contributed by atoms with E-state index in [9.17, 15) is 4.79 Å². The van der Waals surface area contributed by atoms with Crippen LogP contribution < -0.4 is 0 Å². The van der Waals surface area contributed by atoms with E-state index in [-0.39, 0.29) is 5.91 Å². The third-order valence-electron chi connectivity index (χ3n) is 6.50. The average molecular weight is 438 g/mol. The van der Waals surface area contributed by atoms with Crippen LogP contribution in [-0.4, -0.2) is 43.8 Å². The molecule has 166 valence electrons. The molecule has 6 heteroatoms. The van der Waals surface area contributed by atoms with Crippen LogP contribution in [0.15, 0.2) is 67.1 Å². The molecule has 0 unspecified atom stereocenters. The number of imidazole rings is 1. The van der Waals surface area contributed by atoms with Crippen molar-refractivity contribution in [2.75, 3.05) is 13.1 Å². The maximum Gasteiger partial charge on any atom is 0.255 e. The first-order valence-electron chi connectivity index (χ1n) is 11.4. The summed E-state index contributed by atoms with van der Waals surface area (Å²) in [5.74, 6) is 1.31. The molecule has 33 heavy (non-hydrogen) atoms. The molecule has 1 saturated heterocycles. The van der Waals surface area contributed by atoms with Crippen LogP contribution >= 0.6 is 0 Å². The number of piperidine rings is 1. The fourth-order valence-electron chi connectivity index (χ4n) is 4.45. The van der Waals surface area contributed by atoms with Gasteiger partial charge in [0, 0.05) is 42.9 Å². The average Bonchev–Trinajstić information content (AvgIpc) is 3.22. The molecule has 1 aliphatic heterocycles. The molecule has 0 atom stereocenters. The summed E-state index contributed by atoms with van der Waals surface area (Å²) in [6.07, 6.45) is 7.18. The minimum atomic E-state index is 0.0439. The summed E-state index contributed by atoms with van der Waals surface area (Å²) in [4.78, 5) is 31.8. The molecular formula is C27H27N5O. The van der Waals surface area contributed by atoms with Crippen molar-refractivity contribution < 1.29 is 4.79 Å². The van der Waals surface area contributed by atoms with Gasteiger partial charge in [-0.25, -0.2) is 4.98 Å². The van der Waals surface area contributed by atoms with E-state index in [2.05, 4.69) is 44.2 Å². The lowest BCUT2D eigenvalue weighted by Crippen LogP contribution is -2.38. The van der Waals surface area contributed by atoms with Gasteiger partial charge in [0.05, 0.1) is 11.3 Å². The van der Waals surface area contributed by atoms with Crippen molar-refractivity contribution >= 4 is 5.91 Å². The molecule has 0 saturated carbocycles. The Balaban J connectivity index is 1.32. The van der Waals surface area contributed by atoms with Gasteiger partial charge in [0.1, 0.15) is 5.69 Å². The molecule has 0 spiro atoms. The van der Waals surface area contributed by atoms with Crippen LogP contribution in [0.25, 0.3) is 22.6 Å². The van der Waals surface area contributed by atoms with E-state index in [1.54, 1.807) is 18.6 Å². The van der Waals surface area contributed by atoms with Gasteiger partial charge in [-0.3, -0.25) is 14.8 Å². The topological polar surface area (TPSA) is 74.8 Å². The molecule has 4 aromatic rings. The predicted molar refractivity (Wildman–Crippen MR) is 129 cm³/mol. The van der Waals surface area contributed by atoms with Gasteiger partial charge >= 0.3 is 0 Å². The van der Waals surface area contributed by atoms with Crippen molar-refractivity contribution in [3.8, 4) is 22.6 Å². The number of nitrogens with zero attached hydrogens (tertiary/aromatic N) is 4. The highest BCUT2D eigenvalue weighted by atomic mass is 16.2. The Bertz CT molecular complexity index is 1250. The molecule has 1 aliphatic rings. The molecule has 0 aliphatic carbocycles. The standard InChI is InChI=1S/C27H27N5O/c1-18-19(2)31-26(30-18)25-15-22(8-11-29-25)23-14-24(17-28-16-23)27(33)32-12-9-21(10-13-32)20-6-4-3-5-7-20/h3-8,11,14-17,21H,9-10,12-13H2,1-2H3,(H,30,31). The molecule has 0 radical (unpaired) electrons. The minimum absolute atomic E-state index is 0.0439. The van der Waals surface area contributed by atoms with E-state index in [0.717, 1.165) is 60.0 Å². The zero-order valence-electron chi connectivity index (χ0n) is 19.0. The summed E-state index contributed by atoms with van der Waals surface area (Å²) in [6, 6.07) is 16.4. The van der Waals surface area contributed by atoms with E-state index < -0.39 is 0 Å². The number of pyridine rings is 2. The summed E-state index contributed by atoms with van der Waals surface area (Å²) >= 11 is 0. The number of amides is 1. The summed E-state index contributed by atoms with van der Waals surface area (Å²) in [6.45, 7) is 5.50. The summed E-state index contributed by atoms with van der Waals surface area (Å²) < 4.78 is 0. The van der Waals surface area contributed by atoms with Crippen molar-refractivity contribution in [2.24, 2.45) is 0 Å². The first-order valence-corrected chi connectivity index (χ1v) is 11.4. The van der Waals surface area contributed by atoms with Gasteiger partial charge in [-0.2, -0.15) is 0 Å². The highest BCUT2D eigenvalue weighted by Crippen LogP contribution is 2.29. The van der Waals surface area contributed by atoms with E-state index in [0.29, 0.717) is 11.5 Å². The molecule has 6 nitrogen and oxygen atoms in total.